The lowest BCUT2D eigenvalue weighted by Crippen LogP contribution is -2.49. The number of aryl methyl sites for hydroxylation is 1. The van der Waals surface area contributed by atoms with Crippen molar-refractivity contribution in [3.63, 3.8) is 0 Å². The van der Waals surface area contributed by atoms with Crippen molar-refractivity contribution in [2.75, 3.05) is 5.75 Å². The molecule has 0 unspecified atom stereocenters. The molecule has 0 radical (unpaired) electrons. The normalized spacial score (nSPS) is 20.9. The zero-order chi connectivity index (χ0) is 19.6. The summed E-state index contributed by atoms with van der Waals surface area (Å²) in [6, 6.07) is 4.48. The summed E-state index contributed by atoms with van der Waals surface area (Å²) in [6.45, 7) is 2.29. The molecule has 28 heavy (non-hydrogen) atoms. The first-order chi connectivity index (χ1) is 13.6. The highest BCUT2D eigenvalue weighted by Gasteiger charge is 2.33. The fourth-order valence-corrected chi connectivity index (χ4v) is 5.72. The number of thiophene rings is 1. The van der Waals surface area contributed by atoms with E-state index in [1.54, 1.807) is 11.3 Å². The molecule has 1 amide bonds. The molecule has 1 fully saturated rings. The van der Waals surface area contributed by atoms with Crippen LogP contribution in [0.15, 0.2) is 15.7 Å². The van der Waals surface area contributed by atoms with Gasteiger partial charge in [-0.25, -0.2) is 0 Å². The molecular weight excluding hydrogens is 392 g/mol. The average Bonchev–Trinajstić information content (AvgIpc) is 3.33. The summed E-state index contributed by atoms with van der Waals surface area (Å²) in [5.41, 5.74) is 0.697. The van der Waals surface area contributed by atoms with Gasteiger partial charge in [0.2, 0.25) is 5.91 Å². The quantitative estimate of drug-likeness (QED) is 0.728. The summed E-state index contributed by atoms with van der Waals surface area (Å²) in [5, 5.41) is 21.0. The van der Waals surface area contributed by atoms with E-state index in [-0.39, 0.29) is 11.7 Å². The third kappa shape index (κ3) is 4.26. The Hall–Kier alpha value is -1.85. The number of nitriles is 1. The number of carbonyl (C=O) groups is 1. The van der Waals surface area contributed by atoms with E-state index in [9.17, 15) is 10.1 Å². The monoisotopic (exact) mass is 416 g/mol. The van der Waals surface area contributed by atoms with E-state index in [4.69, 9.17) is 4.42 Å². The minimum atomic E-state index is -0.705. The van der Waals surface area contributed by atoms with Gasteiger partial charge in [0, 0.05) is 4.88 Å². The molecule has 2 aliphatic rings. The SMILES string of the molecule is C[C@@H]1CCc2sc(-c3nnc(SCC(=O)NC4(C#N)CCCCC4)o3)cc2C1. The molecule has 2 aromatic rings. The Morgan fingerprint density at radius 3 is 3.04 bits per heavy atom. The maximum atomic E-state index is 12.3. The molecule has 1 atom stereocenters. The minimum Gasteiger partial charge on any atom is -0.410 e. The third-order valence-electron chi connectivity index (χ3n) is 5.57. The number of hydrogen-bond acceptors (Lipinski definition) is 7. The molecule has 148 valence electrons. The molecule has 0 saturated heterocycles. The van der Waals surface area contributed by atoms with Crippen LogP contribution in [0.1, 0.15) is 55.9 Å². The molecule has 0 bridgehead atoms. The Morgan fingerprint density at radius 1 is 1.43 bits per heavy atom. The highest BCUT2D eigenvalue weighted by molar-refractivity contribution is 7.99. The van der Waals surface area contributed by atoms with Gasteiger partial charge in [-0.15, -0.1) is 21.5 Å². The number of aromatic nitrogens is 2. The Morgan fingerprint density at radius 2 is 2.25 bits per heavy atom. The number of rotatable bonds is 5. The van der Waals surface area contributed by atoms with Crippen molar-refractivity contribution in [2.45, 2.75) is 69.1 Å². The zero-order valence-corrected chi connectivity index (χ0v) is 17.6. The second kappa shape index (κ2) is 8.26. The lowest BCUT2D eigenvalue weighted by molar-refractivity contribution is -0.120. The number of amides is 1. The van der Waals surface area contributed by atoms with Crippen molar-refractivity contribution in [1.29, 1.82) is 5.26 Å². The van der Waals surface area contributed by atoms with E-state index in [0.717, 1.165) is 55.7 Å². The number of nitrogens with zero attached hydrogens (tertiary/aromatic N) is 3. The van der Waals surface area contributed by atoms with E-state index in [1.165, 1.54) is 28.6 Å². The molecule has 4 rings (SSSR count). The number of thioether (sulfide) groups is 1. The molecule has 0 aliphatic heterocycles. The summed E-state index contributed by atoms with van der Waals surface area (Å²) in [7, 11) is 0. The van der Waals surface area contributed by atoms with Gasteiger partial charge < -0.3 is 9.73 Å². The van der Waals surface area contributed by atoms with Crippen molar-refractivity contribution in [1.82, 2.24) is 15.5 Å². The Labute approximate surface area is 173 Å². The third-order valence-corrected chi connectivity index (χ3v) is 7.62. The van der Waals surface area contributed by atoms with Gasteiger partial charge in [0.1, 0.15) is 5.54 Å². The van der Waals surface area contributed by atoms with Gasteiger partial charge in [-0.3, -0.25) is 4.79 Å². The maximum Gasteiger partial charge on any atom is 0.277 e. The fraction of sp³-hybridized carbons (Fsp3) is 0.600. The van der Waals surface area contributed by atoms with E-state index >= 15 is 0 Å². The predicted octanol–water partition coefficient (Wildman–Crippen LogP) is 4.36. The summed E-state index contributed by atoms with van der Waals surface area (Å²) >= 11 is 2.95. The molecule has 1 N–H and O–H groups in total. The van der Waals surface area contributed by atoms with Gasteiger partial charge in [0.05, 0.1) is 16.7 Å². The van der Waals surface area contributed by atoms with Crippen LogP contribution in [0.5, 0.6) is 0 Å². The van der Waals surface area contributed by atoms with Crippen molar-refractivity contribution in [3.05, 3.63) is 16.5 Å². The topological polar surface area (TPSA) is 91.8 Å². The van der Waals surface area contributed by atoms with Gasteiger partial charge in [-0.2, -0.15) is 5.26 Å². The first-order valence-corrected chi connectivity index (χ1v) is 11.7. The zero-order valence-electron chi connectivity index (χ0n) is 16.0. The van der Waals surface area contributed by atoms with E-state index in [1.807, 2.05) is 0 Å². The molecule has 2 aromatic heterocycles. The molecule has 0 aromatic carbocycles. The average molecular weight is 417 g/mol. The summed E-state index contributed by atoms with van der Waals surface area (Å²) in [4.78, 5) is 14.8. The standard InChI is InChI=1S/C20H24N4O2S2/c1-13-5-6-15-14(9-13)10-16(28-15)18-23-24-19(26-18)27-11-17(25)22-20(12-21)7-3-2-4-8-20/h10,13H,2-9,11H2,1H3,(H,22,25)/t13-/m1/s1. The summed E-state index contributed by atoms with van der Waals surface area (Å²) < 4.78 is 5.77. The van der Waals surface area contributed by atoms with Crippen LogP contribution in [0.25, 0.3) is 10.8 Å². The van der Waals surface area contributed by atoms with Crippen LogP contribution in [0.2, 0.25) is 0 Å². The van der Waals surface area contributed by atoms with Crippen molar-refractivity contribution in [3.8, 4) is 16.8 Å². The van der Waals surface area contributed by atoms with E-state index in [2.05, 4.69) is 34.6 Å². The first-order valence-electron chi connectivity index (χ1n) is 9.87. The van der Waals surface area contributed by atoms with Crippen LogP contribution >= 0.6 is 23.1 Å². The smallest absolute Gasteiger partial charge is 0.277 e. The van der Waals surface area contributed by atoms with Crippen molar-refractivity contribution >= 4 is 29.0 Å². The highest BCUT2D eigenvalue weighted by Crippen LogP contribution is 2.37. The maximum absolute atomic E-state index is 12.3. The van der Waals surface area contributed by atoms with Gasteiger partial charge >= 0.3 is 0 Å². The largest absolute Gasteiger partial charge is 0.410 e. The first kappa shape index (κ1) is 19.5. The number of carbonyl (C=O) groups excluding carboxylic acids is 1. The van der Waals surface area contributed by atoms with Crippen molar-refractivity contribution in [2.24, 2.45) is 5.92 Å². The fourth-order valence-electron chi connectivity index (χ4n) is 4.03. The minimum absolute atomic E-state index is 0.159. The van der Waals surface area contributed by atoms with Gasteiger partial charge in [0.15, 0.2) is 0 Å². The van der Waals surface area contributed by atoms with E-state index in [0.29, 0.717) is 11.1 Å². The van der Waals surface area contributed by atoms with Gasteiger partial charge in [-0.05, 0) is 49.7 Å². The number of fused-ring (bicyclic) bond motifs is 1. The molecule has 8 heteroatoms. The molecule has 6 nitrogen and oxygen atoms in total. The van der Waals surface area contributed by atoms with Crippen LogP contribution in [0.3, 0.4) is 0 Å². The Bertz CT molecular complexity index is 892. The predicted molar refractivity (Wildman–Crippen MR) is 109 cm³/mol. The molecule has 0 spiro atoms. The van der Waals surface area contributed by atoms with Crippen LogP contribution in [0.4, 0.5) is 0 Å². The van der Waals surface area contributed by atoms with Crippen molar-refractivity contribution < 1.29 is 9.21 Å². The molecular formula is C20H24N4O2S2. The molecule has 2 aliphatic carbocycles. The number of hydrogen-bond donors (Lipinski definition) is 1. The van der Waals surface area contributed by atoms with Crippen LogP contribution in [-0.2, 0) is 17.6 Å². The lowest BCUT2D eigenvalue weighted by Gasteiger charge is -2.31. The Balaban J connectivity index is 1.35. The van der Waals surface area contributed by atoms with Gasteiger partial charge in [0.25, 0.3) is 11.1 Å². The summed E-state index contributed by atoms with van der Waals surface area (Å²) in [6.07, 6.45) is 8.02. The lowest BCUT2D eigenvalue weighted by atomic mass is 9.83. The van der Waals surface area contributed by atoms with E-state index < -0.39 is 5.54 Å². The number of nitrogens with one attached hydrogen (secondary N) is 1. The molecule has 1 saturated carbocycles. The second-order valence-corrected chi connectivity index (χ2v) is 9.93. The van der Waals surface area contributed by atoms with Gasteiger partial charge in [-0.1, -0.05) is 37.9 Å². The summed E-state index contributed by atoms with van der Waals surface area (Å²) in [5.74, 6) is 1.26. The van der Waals surface area contributed by atoms with Crippen LogP contribution in [0, 0.1) is 17.2 Å². The second-order valence-electron chi connectivity index (χ2n) is 7.87. The Kier molecular flexibility index (Phi) is 5.74. The molecule has 2 heterocycles. The van der Waals surface area contributed by atoms with Crippen LogP contribution in [-0.4, -0.2) is 27.4 Å². The van der Waals surface area contributed by atoms with Crippen LogP contribution < -0.4 is 5.32 Å². The highest BCUT2D eigenvalue weighted by atomic mass is 32.2.